The molecule has 78 valence electrons. The molecule has 0 spiro atoms. The standard InChI is InChI=1S/C9H10N4O2/c1-14-8-3-4-10-9(13-8)11-6-7-2-5-12-15-7/h2-5H,6H2,1H3,(H,10,11,13). The first-order valence-corrected chi connectivity index (χ1v) is 4.39. The molecule has 0 amide bonds. The second-order valence-corrected chi connectivity index (χ2v) is 2.75. The van der Waals surface area contributed by atoms with Crippen molar-refractivity contribution in [3.8, 4) is 5.88 Å². The molecule has 0 atom stereocenters. The summed E-state index contributed by atoms with van der Waals surface area (Å²) in [5.41, 5.74) is 0. The van der Waals surface area contributed by atoms with Crippen molar-refractivity contribution in [3.05, 3.63) is 30.3 Å². The van der Waals surface area contributed by atoms with Crippen molar-refractivity contribution >= 4 is 5.95 Å². The fraction of sp³-hybridized carbons (Fsp3) is 0.222. The van der Waals surface area contributed by atoms with E-state index in [0.717, 1.165) is 5.76 Å². The van der Waals surface area contributed by atoms with Crippen molar-refractivity contribution in [2.45, 2.75) is 6.54 Å². The third-order valence-corrected chi connectivity index (χ3v) is 1.75. The molecule has 2 aromatic heterocycles. The third kappa shape index (κ3) is 2.43. The monoisotopic (exact) mass is 206 g/mol. The van der Waals surface area contributed by atoms with Gasteiger partial charge in [0.2, 0.25) is 11.8 Å². The number of nitrogens with zero attached hydrogens (tertiary/aromatic N) is 3. The van der Waals surface area contributed by atoms with Crippen molar-refractivity contribution in [1.29, 1.82) is 0 Å². The minimum absolute atomic E-state index is 0.491. The molecule has 6 nitrogen and oxygen atoms in total. The van der Waals surface area contributed by atoms with E-state index >= 15 is 0 Å². The highest BCUT2D eigenvalue weighted by Crippen LogP contribution is 2.08. The molecule has 15 heavy (non-hydrogen) atoms. The van der Waals surface area contributed by atoms with Crippen LogP contribution in [-0.2, 0) is 6.54 Å². The Bertz CT molecular complexity index is 416. The number of methoxy groups -OCH3 is 1. The Morgan fingerprint density at radius 2 is 2.33 bits per heavy atom. The van der Waals surface area contributed by atoms with Crippen LogP contribution < -0.4 is 10.1 Å². The predicted octanol–water partition coefficient (Wildman–Crippen LogP) is 1.09. The Kier molecular flexibility index (Phi) is 2.77. The number of ether oxygens (including phenoxy) is 1. The van der Waals surface area contributed by atoms with Crippen LogP contribution in [0, 0.1) is 0 Å². The zero-order valence-electron chi connectivity index (χ0n) is 8.17. The van der Waals surface area contributed by atoms with Crippen molar-refractivity contribution in [2.24, 2.45) is 0 Å². The van der Waals surface area contributed by atoms with Crippen LogP contribution in [0.1, 0.15) is 5.76 Å². The Morgan fingerprint density at radius 3 is 3.07 bits per heavy atom. The fourth-order valence-corrected chi connectivity index (χ4v) is 1.04. The van der Waals surface area contributed by atoms with Gasteiger partial charge in [-0.2, -0.15) is 4.98 Å². The normalized spacial score (nSPS) is 9.93. The van der Waals surface area contributed by atoms with Gasteiger partial charge in [0.15, 0.2) is 5.76 Å². The zero-order valence-corrected chi connectivity index (χ0v) is 8.17. The van der Waals surface area contributed by atoms with E-state index in [0.29, 0.717) is 18.4 Å². The van der Waals surface area contributed by atoms with Gasteiger partial charge in [-0.3, -0.25) is 0 Å². The van der Waals surface area contributed by atoms with Gasteiger partial charge in [0.05, 0.1) is 19.9 Å². The van der Waals surface area contributed by atoms with Crippen LogP contribution in [0.3, 0.4) is 0 Å². The predicted molar refractivity (Wildman–Crippen MR) is 52.4 cm³/mol. The number of rotatable bonds is 4. The van der Waals surface area contributed by atoms with Gasteiger partial charge in [0.25, 0.3) is 0 Å². The van der Waals surface area contributed by atoms with Gasteiger partial charge in [-0.1, -0.05) is 5.16 Å². The highest BCUT2D eigenvalue weighted by molar-refractivity contribution is 5.27. The minimum atomic E-state index is 0.491. The largest absolute Gasteiger partial charge is 0.481 e. The molecule has 0 saturated carbocycles. The van der Waals surface area contributed by atoms with Crippen molar-refractivity contribution in [2.75, 3.05) is 12.4 Å². The fourth-order valence-electron chi connectivity index (χ4n) is 1.04. The third-order valence-electron chi connectivity index (χ3n) is 1.75. The van der Waals surface area contributed by atoms with Gasteiger partial charge >= 0.3 is 0 Å². The molecule has 0 aliphatic carbocycles. The van der Waals surface area contributed by atoms with Crippen molar-refractivity contribution < 1.29 is 9.26 Å². The molecule has 0 fully saturated rings. The number of hydrogen-bond donors (Lipinski definition) is 1. The first-order valence-electron chi connectivity index (χ1n) is 4.39. The lowest BCUT2D eigenvalue weighted by Gasteiger charge is -2.03. The lowest BCUT2D eigenvalue weighted by molar-refractivity contribution is 0.386. The molecular formula is C9H10N4O2. The van der Waals surface area contributed by atoms with Crippen LogP contribution in [0.4, 0.5) is 5.95 Å². The second kappa shape index (κ2) is 4.41. The van der Waals surface area contributed by atoms with E-state index < -0.39 is 0 Å². The van der Waals surface area contributed by atoms with E-state index in [-0.39, 0.29) is 0 Å². The summed E-state index contributed by atoms with van der Waals surface area (Å²) in [6.45, 7) is 0.493. The average molecular weight is 206 g/mol. The van der Waals surface area contributed by atoms with Gasteiger partial charge in [-0.15, -0.1) is 0 Å². The molecule has 0 saturated heterocycles. The summed E-state index contributed by atoms with van der Waals surface area (Å²) in [6.07, 6.45) is 3.21. The number of anilines is 1. The Labute approximate surface area is 86.3 Å². The SMILES string of the molecule is COc1ccnc(NCc2ccno2)n1. The molecule has 2 aromatic rings. The summed E-state index contributed by atoms with van der Waals surface area (Å²) >= 11 is 0. The van der Waals surface area contributed by atoms with Crippen molar-refractivity contribution in [3.63, 3.8) is 0 Å². The molecule has 0 unspecified atom stereocenters. The van der Waals surface area contributed by atoms with E-state index in [4.69, 9.17) is 9.26 Å². The summed E-state index contributed by atoms with van der Waals surface area (Å²) in [4.78, 5) is 8.11. The van der Waals surface area contributed by atoms with Gasteiger partial charge in [-0.05, 0) is 0 Å². The lowest BCUT2D eigenvalue weighted by Crippen LogP contribution is -2.03. The summed E-state index contributed by atoms with van der Waals surface area (Å²) < 4.78 is 9.88. The Balaban J connectivity index is 1.98. The number of aromatic nitrogens is 3. The van der Waals surface area contributed by atoms with Crippen LogP contribution in [0.15, 0.2) is 29.0 Å². The molecular weight excluding hydrogens is 196 g/mol. The lowest BCUT2D eigenvalue weighted by atomic mass is 10.4. The van der Waals surface area contributed by atoms with E-state index in [1.807, 2.05) is 0 Å². The molecule has 0 aromatic carbocycles. The first kappa shape index (κ1) is 9.45. The van der Waals surface area contributed by atoms with E-state index in [1.54, 1.807) is 31.6 Å². The van der Waals surface area contributed by atoms with Crippen LogP contribution in [0.2, 0.25) is 0 Å². The maximum absolute atomic E-state index is 4.96. The molecule has 0 bridgehead atoms. The van der Waals surface area contributed by atoms with Crippen LogP contribution >= 0.6 is 0 Å². The van der Waals surface area contributed by atoms with Crippen LogP contribution in [-0.4, -0.2) is 22.2 Å². The van der Waals surface area contributed by atoms with Gasteiger partial charge in [-0.25, -0.2) is 4.98 Å². The number of hydrogen-bond acceptors (Lipinski definition) is 6. The molecule has 0 aliphatic heterocycles. The van der Waals surface area contributed by atoms with E-state index in [1.165, 1.54) is 0 Å². The Hall–Kier alpha value is -2.11. The van der Waals surface area contributed by atoms with Gasteiger partial charge in [0, 0.05) is 18.3 Å². The maximum Gasteiger partial charge on any atom is 0.226 e. The van der Waals surface area contributed by atoms with Crippen molar-refractivity contribution in [1.82, 2.24) is 15.1 Å². The molecule has 0 radical (unpaired) electrons. The average Bonchev–Trinajstić information content (AvgIpc) is 2.79. The molecule has 2 rings (SSSR count). The quantitative estimate of drug-likeness (QED) is 0.807. The summed E-state index contributed by atoms with van der Waals surface area (Å²) in [7, 11) is 1.56. The molecule has 0 aliphatic rings. The first-order chi connectivity index (χ1) is 7.38. The highest BCUT2D eigenvalue weighted by Gasteiger charge is 2.00. The van der Waals surface area contributed by atoms with E-state index in [9.17, 15) is 0 Å². The summed E-state index contributed by atoms with van der Waals surface area (Å²) in [5.74, 6) is 1.73. The zero-order chi connectivity index (χ0) is 10.5. The van der Waals surface area contributed by atoms with Gasteiger partial charge < -0.3 is 14.6 Å². The highest BCUT2D eigenvalue weighted by atomic mass is 16.5. The van der Waals surface area contributed by atoms with Crippen LogP contribution in [0.5, 0.6) is 5.88 Å². The Morgan fingerprint density at radius 1 is 1.40 bits per heavy atom. The van der Waals surface area contributed by atoms with Gasteiger partial charge in [0.1, 0.15) is 0 Å². The molecule has 1 N–H and O–H groups in total. The molecule has 2 heterocycles. The smallest absolute Gasteiger partial charge is 0.226 e. The van der Waals surface area contributed by atoms with Crippen LogP contribution in [0.25, 0.3) is 0 Å². The second-order valence-electron chi connectivity index (χ2n) is 2.75. The minimum Gasteiger partial charge on any atom is -0.481 e. The number of nitrogens with one attached hydrogen (secondary N) is 1. The molecule has 6 heteroatoms. The summed E-state index contributed by atoms with van der Waals surface area (Å²) in [6, 6.07) is 3.45. The summed E-state index contributed by atoms with van der Waals surface area (Å²) in [5, 5.41) is 6.57. The maximum atomic E-state index is 4.96. The van der Waals surface area contributed by atoms with E-state index in [2.05, 4.69) is 20.4 Å². The topological polar surface area (TPSA) is 73.1 Å².